The Bertz CT molecular complexity index is 2140. The van der Waals surface area contributed by atoms with E-state index in [2.05, 4.69) is 5.32 Å². The maximum atomic E-state index is 13.9. The minimum Gasteiger partial charge on any atom is -0.480 e. The van der Waals surface area contributed by atoms with E-state index in [1.54, 1.807) is 24.3 Å². The molecule has 1 atom stereocenters. The lowest BCUT2D eigenvalue weighted by atomic mass is 9.99. The Labute approximate surface area is 323 Å². The molecule has 292 valence electrons. The van der Waals surface area contributed by atoms with Crippen molar-refractivity contribution in [3.63, 3.8) is 0 Å². The van der Waals surface area contributed by atoms with Crippen molar-refractivity contribution in [3.8, 4) is 22.6 Å². The van der Waals surface area contributed by atoms with Crippen molar-refractivity contribution >= 4 is 35.1 Å². The van der Waals surface area contributed by atoms with Gasteiger partial charge in [-0.15, -0.1) is 0 Å². The van der Waals surface area contributed by atoms with Crippen molar-refractivity contribution in [2.24, 2.45) is 0 Å². The van der Waals surface area contributed by atoms with Gasteiger partial charge in [-0.05, 0) is 72.1 Å². The third-order valence-electron chi connectivity index (χ3n) is 8.73. The van der Waals surface area contributed by atoms with Crippen LogP contribution in [0.25, 0.3) is 11.1 Å². The van der Waals surface area contributed by atoms with Crippen LogP contribution in [0.15, 0.2) is 115 Å². The number of unbranched alkanes of at least 4 members (excludes halogenated alkanes) is 2. The smallest absolute Gasteiger partial charge is 0.416 e. The standard InChI is InChI=1S/C42H35ClF6N2O5/c1-2-3-9-20-51(39(53)28-22-29(41(44,45)46)24-30(23-28)42(47,48)49)36-19-18-31(43)25-34(36)38(52)50-35(40(54)55)21-26-14-16-27(17-15-26)33-12-7-8-13-37(33)56-32-10-5-4-6-11-32/h4-8,10-19,22-25,35H,2-3,9,20-21H2,1H3,(H,50,52)(H,54,55). The fourth-order valence-corrected chi connectivity index (χ4v) is 6.08. The van der Waals surface area contributed by atoms with Crippen LogP contribution in [0, 0.1) is 0 Å². The highest BCUT2D eigenvalue weighted by atomic mass is 35.5. The van der Waals surface area contributed by atoms with Crippen LogP contribution in [0.4, 0.5) is 32.0 Å². The minimum absolute atomic E-state index is 0.00253. The Kier molecular flexibility index (Phi) is 13.1. The molecule has 0 saturated carbocycles. The Hall–Kier alpha value is -5.82. The fraction of sp³-hybridized carbons (Fsp3) is 0.214. The number of carbonyl (C=O) groups excluding carboxylic acids is 2. The Balaban J connectivity index is 1.43. The van der Waals surface area contributed by atoms with Crippen LogP contribution in [0.3, 0.4) is 0 Å². The van der Waals surface area contributed by atoms with Gasteiger partial charge in [0, 0.05) is 29.1 Å². The topological polar surface area (TPSA) is 95.9 Å². The van der Waals surface area contributed by atoms with E-state index >= 15 is 0 Å². The molecule has 0 aromatic heterocycles. The molecule has 0 fully saturated rings. The van der Waals surface area contributed by atoms with Crippen molar-refractivity contribution < 1.29 is 50.6 Å². The number of nitrogens with one attached hydrogen (secondary N) is 1. The Morgan fingerprint density at radius 2 is 1.41 bits per heavy atom. The number of rotatable bonds is 14. The Morgan fingerprint density at radius 1 is 0.786 bits per heavy atom. The molecular formula is C42H35ClF6N2O5. The van der Waals surface area contributed by atoms with Gasteiger partial charge < -0.3 is 20.1 Å². The molecule has 5 aromatic carbocycles. The molecular weight excluding hydrogens is 762 g/mol. The number of carboxylic acid groups (broad SMARTS) is 1. The maximum absolute atomic E-state index is 13.9. The first-order chi connectivity index (χ1) is 26.5. The minimum atomic E-state index is -5.21. The van der Waals surface area contributed by atoms with Crippen LogP contribution in [0.2, 0.25) is 5.02 Å². The molecule has 0 aliphatic carbocycles. The number of para-hydroxylation sites is 2. The van der Waals surface area contributed by atoms with Gasteiger partial charge in [-0.2, -0.15) is 26.3 Å². The van der Waals surface area contributed by atoms with Crippen LogP contribution in [0.1, 0.15) is 63.6 Å². The van der Waals surface area contributed by atoms with E-state index < -0.39 is 52.9 Å². The van der Waals surface area contributed by atoms with Crippen molar-refractivity contribution in [1.29, 1.82) is 0 Å². The van der Waals surface area contributed by atoms with E-state index in [-0.39, 0.29) is 41.7 Å². The normalized spacial score (nSPS) is 12.1. The number of aliphatic carboxylic acids is 1. The predicted octanol–water partition coefficient (Wildman–Crippen LogP) is 11.1. The second kappa shape index (κ2) is 17.8. The zero-order valence-electron chi connectivity index (χ0n) is 29.8. The van der Waals surface area contributed by atoms with Crippen LogP contribution in [0.5, 0.6) is 11.5 Å². The zero-order chi connectivity index (χ0) is 40.6. The summed E-state index contributed by atoms with van der Waals surface area (Å²) >= 11 is 6.22. The third-order valence-corrected chi connectivity index (χ3v) is 8.96. The molecule has 5 aromatic rings. The lowest BCUT2D eigenvalue weighted by molar-refractivity contribution is -0.143. The van der Waals surface area contributed by atoms with Crippen molar-refractivity contribution in [1.82, 2.24) is 5.32 Å². The summed E-state index contributed by atoms with van der Waals surface area (Å²) in [5.41, 5.74) is -2.69. The number of anilines is 1. The molecule has 5 rings (SSSR count). The molecule has 0 aliphatic rings. The second-order valence-corrected chi connectivity index (χ2v) is 13.2. The number of nitrogens with zero attached hydrogens (tertiary/aromatic N) is 1. The largest absolute Gasteiger partial charge is 0.480 e. The van der Waals surface area contributed by atoms with Crippen LogP contribution >= 0.6 is 11.6 Å². The molecule has 0 bridgehead atoms. The second-order valence-electron chi connectivity index (χ2n) is 12.8. The number of alkyl halides is 6. The SMILES string of the molecule is CCCCCN(C(=O)c1cc(C(F)(F)F)cc(C(F)(F)F)c1)c1ccc(Cl)cc1C(=O)NC(Cc1ccc(-c2ccccc2Oc2ccccc2)cc1)C(=O)O. The Morgan fingerprint density at radius 3 is 2.02 bits per heavy atom. The molecule has 0 spiro atoms. The van der Waals surface area contributed by atoms with Gasteiger partial charge in [0.2, 0.25) is 0 Å². The van der Waals surface area contributed by atoms with Crippen molar-refractivity contribution in [2.75, 3.05) is 11.4 Å². The third kappa shape index (κ3) is 10.5. The van der Waals surface area contributed by atoms with E-state index in [0.717, 1.165) is 22.1 Å². The average molecular weight is 797 g/mol. The lowest BCUT2D eigenvalue weighted by Crippen LogP contribution is -2.43. The summed E-state index contributed by atoms with van der Waals surface area (Å²) < 4.78 is 88.3. The van der Waals surface area contributed by atoms with Gasteiger partial charge >= 0.3 is 18.3 Å². The molecule has 2 amide bonds. The number of carboxylic acids is 1. The van der Waals surface area contributed by atoms with Gasteiger partial charge in [0.25, 0.3) is 11.8 Å². The summed E-state index contributed by atoms with van der Waals surface area (Å²) in [5.74, 6) is -2.40. The van der Waals surface area contributed by atoms with E-state index in [1.165, 1.54) is 12.1 Å². The summed E-state index contributed by atoms with van der Waals surface area (Å²) in [6, 6.07) is 26.2. The number of carbonyl (C=O) groups is 3. The summed E-state index contributed by atoms with van der Waals surface area (Å²) in [7, 11) is 0. The van der Waals surface area contributed by atoms with Gasteiger partial charge in [-0.25, -0.2) is 4.79 Å². The summed E-state index contributed by atoms with van der Waals surface area (Å²) in [4.78, 5) is 41.1. The number of amides is 2. The fourth-order valence-electron chi connectivity index (χ4n) is 5.91. The summed E-state index contributed by atoms with van der Waals surface area (Å²) in [6.45, 7) is 1.65. The monoisotopic (exact) mass is 796 g/mol. The molecule has 56 heavy (non-hydrogen) atoms. The zero-order valence-corrected chi connectivity index (χ0v) is 30.5. The number of hydrogen-bond donors (Lipinski definition) is 2. The van der Waals surface area contributed by atoms with E-state index in [9.17, 15) is 45.8 Å². The molecule has 14 heteroatoms. The van der Waals surface area contributed by atoms with E-state index in [0.29, 0.717) is 42.0 Å². The van der Waals surface area contributed by atoms with Crippen LogP contribution in [-0.2, 0) is 23.6 Å². The van der Waals surface area contributed by atoms with Crippen LogP contribution < -0.4 is 15.0 Å². The van der Waals surface area contributed by atoms with Gasteiger partial charge in [-0.1, -0.05) is 92.0 Å². The molecule has 0 radical (unpaired) electrons. The first kappa shape index (κ1) is 41.3. The van der Waals surface area contributed by atoms with E-state index in [1.807, 2.05) is 61.5 Å². The molecule has 0 aliphatic heterocycles. The number of halogens is 7. The number of hydrogen-bond acceptors (Lipinski definition) is 4. The highest BCUT2D eigenvalue weighted by Crippen LogP contribution is 2.38. The number of ether oxygens (including phenoxy) is 1. The summed E-state index contributed by atoms with van der Waals surface area (Å²) in [5, 5.41) is 12.6. The van der Waals surface area contributed by atoms with Gasteiger partial charge in [0.05, 0.1) is 22.4 Å². The molecule has 2 N–H and O–H groups in total. The highest BCUT2D eigenvalue weighted by molar-refractivity contribution is 6.31. The van der Waals surface area contributed by atoms with Crippen molar-refractivity contribution in [2.45, 2.75) is 51.0 Å². The average Bonchev–Trinajstić information content (AvgIpc) is 3.16. The van der Waals surface area contributed by atoms with Crippen LogP contribution in [-0.4, -0.2) is 35.5 Å². The van der Waals surface area contributed by atoms with Gasteiger partial charge in [0.1, 0.15) is 17.5 Å². The maximum Gasteiger partial charge on any atom is 0.416 e. The quantitative estimate of drug-likeness (QED) is 0.0862. The predicted molar refractivity (Wildman–Crippen MR) is 200 cm³/mol. The molecule has 0 heterocycles. The lowest BCUT2D eigenvalue weighted by Gasteiger charge is -2.27. The van der Waals surface area contributed by atoms with Crippen molar-refractivity contribution in [3.05, 3.63) is 148 Å². The molecule has 7 nitrogen and oxygen atoms in total. The van der Waals surface area contributed by atoms with E-state index in [4.69, 9.17) is 16.3 Å². The molecule has 0 saturated heterocycles. The molecule has 1 unspecified atom stereocenters. The number of benzene rings is 5. The first-order valence-electron chi connectivity index (χ1n) is 17.4. The van der Waals surface area contributed by atoms with Gasteiger partial charge in [0.15, 0.2) is 0 Å². The van der Waals surface area contributed by atoms with Gasteiger partial charge in [-0.3, -0.25) is 9.59 Å². The summed E-state index contributed by atoms with van der Waals surface area (Å²) in [6.07, 6.45) is -9.14. The highest BCUT2D eigenvalue weighted by Gasteiger charge is 2.38. The first-order valence-corrected chi connectivity index (χ1v) is 17.8.